The van der Waals surface area contributed by atoms with Gasteiger partial charge < -0.3 is 3.53 Å². The van der Waals surface area contributed by atoms with Crippen LogP contribution in [0.15, 0.2) is 18.3 Å². The van der Waals surface area contributed by atoms with E-state index in [9.17, 15) is 13.2 Å². The average molecular weight is 288 g/mol. The Kier molecular flexibility index (Phi) is 2.76. The van der Waals surface area contributed by atoms with E-state index in [0.717, 1.165) is 18.3 Å². The van der Waals surface area contributed by atoms with Gasteiger partial charge in [0.1, 0.15) is 5.82 Å². The van der Waals surface area contributed by atoms with Gasteiger partial charge in [-0.05, 0) is 12.1 Å². The minimum Gasteiger partial charge on any atom is -0.313 e. The highest BCUT2D eigenvalue weighted by atomic mass is 127. The minimum absolute atomic E-state index is 0.199. The van der Waals surface area contributed by atoms with Crippen LogP contribution in [0.5, 0.6) is 0 Å². The second-order valence-electron chi connectivity index (χ2n) is 2.02. The SMILES string of the molecule is FC(F)(F)c1ccnc(NI)c1. The molecule has 0 fully saturated rings. The number of nitrogens with one attached hydrogen (secondary N) is 1. The Bertz CT molecular complexity index is 274. The second kappa shape index (κ2) is 3.46. The molecule has 6 heteroatoms. The maximum Gasteiger partial charge on any atom is 0.416 e. The summed E-state index contributed by atoms with van der Waals surface area (Å²) < 4.78 is 38.6. The summed E-state index contributed by atoms with van der Waals surface area (Å²) in [7, 11) is 0. The molecule has 0 amide bonds. The predicted molar refractivity (Wildman–Crippen MR) is 46.9 cm³/mol. The Balaban J connectivity index is 3.02. The first-order chi connectivity index (χ1) is 5.54. The van der Waals surface area contributed by atoms with Gasteiger partial charge in [0.2, 0.25) is 0 Å². The number of hydrogen-bond donors (Lipinski definition) is 1. The van der Waals surface area contributed by atoms with Crippen molar-refractivity contribution in [1.29, 1.82) is 0 Å². The molecule has 1 rings (SSSR count). The lowest BCUT2D eigenvalue weighted by atomic mass is 10.2. The molecule has 1 aromatic heterocycles. The highest BCUT2D eigenvalue weighted by molar-refractivity contribution is 14.1. The first kappa shape index (κ1) is 9.56. The topological polar surface area (TPSA) is 24.9 Å². The van der Waals surface area contributed by atoms with Gasteiger partial charge in [0.25, 0.3) is 0 Å². The molecule has 0 aliphatic rings. The van der Waals surface area contributed by atoms with Crippen LogP contribution in [0.25, 0.3) is 0 Å². The zero-order valence-electron chi connectivity index (χ0n) is 5.69. The number of halogens is 4. The van der Waals surface area contributed by atoms with Gasteiger partial charge >= 0.3 is 6.18 Å². The average Bonchev–Trinajstić information content (AvgIpc) is 2.03. The molecule has 1 N–H and O–H groups in total. The summed E-state index contributed by atoms with van der Waals surface area (Å²) in [6.45, 7) is 0. The standard InChI is InChI=1S/C6H4F3IN2/c7-6(8,9)4-1-2-11-5(3-4)12-10/h1-3H,(H,11,12). The maximum absolute atomic E-state index is 12.0. The van der Waals surface area contributed by atoms with Gasteiger partial charge in [-0.3, -0.25) is 0 Å². The van der Waals surface area contributed by atoms with E-state index in [1.165, 1.54) is 0 Å². The first-order valence-corrected chi connectivity index (χ1v) is 4.02. The summed E-state index contributed by atoms with van der Waals surface area (Å²) in [5.74, 6) is 0.199. The van der Waals surface area contributed by atoms with Gasteiger partial charge in [0.15, 0.2) is 0 Å². The van der Waals surface area contributed by atoms with Crippen LogP contribution in [-0.4, -0.2) is 4.98 Å². The van der Waals surface area contributed by atoms with E-state index in [4.69, 9.17) is 0 Å². The molecule has 0 aromatic carbocycles. The van der Waals surface area contributed by atoms with Crippen molar-refractivity contribution in [3.05, 3.63) is 23.9 Å². The van der Waals surface area contributed by atoms with E-state index in [0.29, 0.717) is 0 Å². The number of aromatic nitrogens is 1. The molecule has 0 aliphatic carbocycles. The third-order valence-electron chi connectivity index (χ3n) is 1.18. The molecule has 1 heterocycles. The van der Waals surface area contributed by atoms with Crippen molar-refractivity contribution in [2.24, 2.45) is 0 Å². The molecule has 12 heavy (non-hydrogen) atoms. The Morgan fingerprint density at radius 2 is 2.08 bits per heavy atom. The van der Waals surface area contributed by atoms with Crippen LogP contribution in [0.4, 0.5) is 19.0 Å². The number of pyridine rings is 1. The van der Waals surface area contributed by atoms with Crippen LogP contribution in [0, 0.1) is 0 Å². The van der Waals surface area contributed by atoms with Crippen molar-refractivity contribution in [3.8, 4) is 0 Å². The van der Waals surface area contributed by atoms with E-state index in [1.807, 2.05) is 0 Å². The first-order valence-electron chi connectivity index (χ1n) is 2.94. The molecule has 0 unspecified atom stereocenters. The van der Waals surface area contributed by atoms with Gasteiger partial charge in [-0.2, -0.15) is 13.2 Å². The van der Waals surface area contributed by atoms with Crippen molar-refractivity contribution in [3.63, 3.8) is 0 Å². The van der Waals surface area contributed by atoms with Crippen LogP contribution in [0.3, 0.4) is 0 Å². The number of rotatable bonds is 1. The van der Waals surface area contributed by atoms with Crippen LogP contribution < -0.4 is 3.53 Å². The molecule has 0 atom stereocenters. The molecule has 66 valence electrons. The van der Waals surface area contributed by atoms with E-state index in [1.54, 1.807) is 22.9 Å². The number of hydrogen-bond acceptors (Lipinski definition) is 2. The monoisotopic (exact) mass is 288 g/mol. The zero-order valence-corrected chi connectivity index (χ0v) is 7.85. The normalized spacial score (nSPS) is 11.3. The Labute approximate surface area is 80.7 Å². The molecule has 0 bridgehead atoms. The largest absolute Gasteiger partial charge is 0.416 e. The molecule has 0 radical (unpaired) electrons. The number of anilines is 1. The van der Waals surface area contributed by atoms with Gasteiger partial charge in [-0.25, -0.2) is 4.98 Å². The summed E-state index contributed by atoms with van der Waals surface area (Å²) in [5.41, 5.74) is -0.698. The molecule has 2 nitrogen and oxygen atoms in total. The number of nitrogens with zero attached hydrogens (tertiary/aromatic N) is 1. The lowest BCUT2D eigenvalue weighted by Crippen LogP contribution is -2.05. The van der Waals surface area contributed by atoms with Gasteiger partial charge in [0.05, 0.1) is 28.4 Å². The third kappa shape index (κ3) is 2.23. The van der Waals surface area contributed by atoms with Crippen molar-refractivity contribution in [2.75, 3.05) is 3.53 Å². The summed E-state index contributed by atoms with van der Waals surface area (Å²) >= 11 is 1.72. The summed E-state index contributed by atoms with van der Waals surface area (Å²) in [6, 6.07) is 1.88. The molecule has 0 spiro atoms. The van der Waals surface area contributed by atoms with E-state index in [2.05, 4.69) is 8.51 Å². The highest BCUT2D eigenvalue weighted by Crippen LogP contribution is 2.29. The summed E-state index contributed by atoms with van der Waals surface area (Å²) in [5, 5.41) is 0. The van der Waals surface area contributed by atoms with Crippen molar-refractivity contribution < 1.29 is 13.2 Å². The van der Waals surface area contributed by atoms with Crippen molar-refractivity contribution in [1.82, 2.24) is 4.98 Å². The van der Waals surface area contributed by atoms with Crippen LogP contribution >= 0.6 is 22.9 Å². The predicted octanol–water partition coefficient (Wildman–Crippen LogP) is 2.86. The van der Waals surface area contributed by atoms with E-state index in [-0.39, 0.29) is 5.82 Å². The Morgan fingerprint density at radius 1 is 1.42 bits per heavy atom. The second-order valence-corrected chi connectivity index (χ2v) is 2.56. The van der Waals surface area contributed by atoms with Gasteiger partial charge in [-0.1, -0.05) is 0 Å². The lowest BCUT2D eigenvalue weighted by molar-refractivity contribution is -0.137. The molecule has 0 saturated heterocycles. The van der Waals surface area contributed by atoms with Crippen LogP contribution in [0.2, 0.25) is 0 Å². The smallest absolute Gasteiger partial charge is 0.313 e. The van der Waals surface area contributed by atoms with E-state index < -0.39 is 11.7 Å². The maximum atomic E-state index is 12.0. The molecule has 0 saturated carbocycles. The molecule has 0 aliphatic heterocycles. The fraction of sp³-hybridized carbons (Fsp3) is 0.167. The zero-order chi connectivity index (χ0) is 9.19. The van der Waals surface area contributed by atoms with Gasteiger partial charge in [-0.15, -0.1) is 0 Å². The van der Waals surface area contributed by atoms with E-state index >= 15 is 0 Å². The highest BCUT2D eigenvalue weighted by Gasteiger charge is 2.30. The van der Waals surface area contributed by atoms with Crippen LogP contribution in [0.1, 0.15) is 5.56 Å². The van der Waals surface area contributed by atoms with Crippen molar-refractivity contribution >= 4 is 28.7 Å². The summed E-state index contributed by atoms with van der Waals surface area (Å²) in [6.07, 6.45) is -3.19. The van der Waals surface area contributed by atoms with Gasteiger partial charge in [0, 0.05) is 6.20 Å². The molecular weight excluding hydrogens is 284 g/mol. The Hall–Kier alpha value is -0.530. The fourth-order valence-electron chi connectivity index (χ4n) is 0.659. The minimum atomic E-state index is -4.30. The molecular formula is C6H4F3IN2. The quantitative estimate of drug-likeness (QED) is 0.635. The fourth-order valence-corrected chi connectivity index (χ4v) is 0.954. The third-order valence-corrected chi connectivity index (χ3v) is 1.74. The molecule has 1 aromatic rings. The Morgan fingerprint density at radius 3 is 2.58 bits per heavy atom. The summed E-state index contributed by atoms with van der Waals surface area (Å²) in [4.78, 5) is 3.65. The van der Waals surface area contributed by atoms with Crippen LogP contribution in [-0.2, 0) is 6.18 Å². The van der Waals surface area contributed by atoms with Crippen molar-refractivity contribution in [2.45, 2.75) is 6.18 Å². The number of alkyl halides is 3. The lowest BCUT2D eigenvalue weighted by Gasteiger charge is -2.06.